The second-order valence-electron chi connectivity index (χ2n) is 3.45. The SMILES string of the molecule is CCOC(=O)C1=C(C)NC(c2nccs2)=NC1. The molecule has 0 radical (unpaired) electrons. The van der Waals surface area contributed by atoms with Crippen LogP contribution in [-0.2, 0) is 9.53 Å². The van der Waals surface area contributed by atoms with Crippen molar-refractivity contribution in [2.75, 3.05) is 13.2 Å². The minimum atomic E-state index is -0.306. The van der Waals surface area contributed by atoms with Crippen molar-refractivity contribution in [1.29, 1.82) is 0 Å². The summed E-state index contributed by atoms with van der Waals surface area (Å²) in [4.78, 5) is 20.1. The van der Waals surface area contributed by atoms with Gasteiger partial charge >= 0.3 is 5.97 Å². The predicted octanol–water partition coefficient (Wildman–Crippen LogP) is 1.33. The van der Waals surface area contributed by atoms with E-state index in [0.717, 1.165) is 10.7 Å². The molecule has 0 atom stereocenters. The quantitative estimate of drug-likeness (QED) is 0.823. The van der Waals surface area contributed by atoms with E-state index in [1.54, 1.807) is 13.1 Å². The van der Waals surface area contributed by atoms with Gasteiger partial charge in [0.2, 0.25) is 0 Å². The molecular formula is C11H13N3O2S. The standard InChI is InChI=1S/C11H13N3O2S/c1-3-16-11(15)8-6-13-9(14-7(8)2)10-12-4-5-17-10/h4-5H,3,6H2,1-2H3,(H,13,14). The van der Waals surface area contributed by atoms with Crippen LogP contribution in [0.5, 0.6) is 0 Å². The average molecular weight is 251 g/mol. The molecule has 0 unspecified atom stereocenters. The van der Waals surface area contributed by atoms with Gasteiger partial charge in [-0.05, 0) is 13.8 Å². The second-order valence-corrected chi connectivity index (χ2v) is 4.35. The van der Waals surface area contributed by atoms with Gasteiger partial charge in [0.1, 0.15) is 0 Å². The van der Waals surface area contributed by atoms with Crippen molar-refractivity contribution in [3.8, 4) is 0 Å². The van der Waals surface area contributed by atoms with E-state index in [4.69, 9.17) is 4.74 Å². The molecule has 1 aromatic heterocycles. The summed E-state index contributed by atoms with van der Waals surface area (Å²) in [5.74, 6) is 0.407. The fourth-order valence-corrected chi connectivity index (χ4v) is 2.07. The molecule has 17 heavy (non-hydrogen) atoms. The van der Waals surface area contributed by atoms with Gasteiger partial charge in [0.05, 0.1) is 18.7 Å². The van der Waals surface area contributed by atoms with Crippen molar-refractivity contribution in [2.45, 2.75) is 13.8 Å². The zero-order chi connectivity index (χ0) is 12.3. The van der Waals surface area contributed by atoms with Crippen LogP contribution in [0.3, 0.4) is 0 Å². The fraction of sp³-hybridized carbons (Fsp3) is 0.364. The van der Waals surface area contributed by atoms with E-state index < -0.39 is 0 Å². The van der Waals surface area contributed by atoms with Crippen molar-refractivity contribution in [3.63, 3.8) is 0 Å². The molecule has 0 amide bonds. The summed E-state index contributed by atoms with van der Waals surface area (Å²) >= 11 is 1.51. The summed E-state index contributed by atoms with van der Waals surface area (Å²) in [6.45, 7) is 4.34. The minimum Gasteiger partial charge on any atom is -0.463 e. The summed E-state index contributed by atoms with van der Waals surface area (Å²) in [5.41, 5.74) is 1.36. The third-order valence-corrected chi connectivity index (χ3v) is 3.09. The molecule has 2 heterocycles. The third kappa shape index (κ3) is 2.52. The van der Waals surface area contributed by atoms with Crippen LogP contribution in [0.25, 0.3) is 0 Å². The van der Waals surface area contributed by atoms with Gasteiger partial charge in [-0.15, -0.1) is 11.3 Å². The van der Waals surface area contributed by atoms with E-state index >= 15 is 0 Å². The monoisotopic (exact) mass is 251 g/mol. The molecule has 90 valence electrons. The number of hydrogen-bond acceptors (Lipinski definition) is 6. The number of nitrogens with one attached hydrogen (secondary N) is 1. The number of carbonyl (C=O) groups is 1. The first-order valence-corrected chi connectivity index (χ1v) is 6.18. The Morgan fingerprint density at radius 1 is 1.65 bits per heavy atom. The summed E-state index contributed by atoms with van der Waals surface area (Å²) in [6, 6.07) is 0. The van der Waals surface area contributed by atoms with E-state index in [1.165, 1.54) is 11.3 Å². The lowest BCUT2D eigenvalue weighted by molar-refractivity contribution is -0.138. The average Bonchev–Trinajstić information content (AvgIpc) is 2.82. The Kier molecular flexibility index (Phi) is 3.53. The lowest BCUT2D eigenvalue weighted by atomic mass is 10.2. The number of carbonyl (C=O) groups excluding carboxylic acids is 1. The number of rotatable bonds is 3. The molecule has 6 heteroatoms. The number of hydrogen-bond donors (Lipinski definition) is 1. The highest BCUT2D eigenvalue weighted by molar-refractivity contribution is 7.11. The Labute approximate surface area is 103 Å². The van der Waals surface area contributed by atoms with Gasteiger partial charge in [0, 0.05) is 17.3 Å². The maximum Gasteiger partial charge on any atom is 0.337 e. The highest BCUT2D eigenvalue weighted by atomic mass is 32.1. The Morgan fingerprint density at radius 3 is 3.06 bits per heavy atom. The van der Waals surface area contributed by atoms with Gasteiger partial charge in [-0.25, -0.2) is 9.78 Å². The molecule has 1 aliphatic rings. The van der Waals surface area contributed by atoms with Gasteiger partial charge < -0.3 is 10.1 Å². The van der Waals surface area contributed by atoms with Crippen LogP contribution in [-0.4, -0.2) is 29.9 Å². The van der Waals surface area contributed by atoms with E-state index in [-0.39, 0.29) is 5.97 Å². The molecule has 5 nitrogen and oxygen atoms in total. The molecule has 0 saturated heterocycles. The van der Waals surface area contributed by atoms with E-state index in [2.05, 4.69) is 15.3 Å². The summed E-state index contributed by atoms with van der Waals surface area (Å²) in [5, 5.41) is 5.80. The zero-order valence-corrected chi connectivity index (χ0v) is 10.5. The number of ether oxygens (including phenoxy) is 1. The molecule has 0 saturated carbocycles. The first kappa shape index (κ1) is 11.8. The van der Waals surface area contributed by atoms with Crippen molar-refractivity contribution < 1.29 is 9.53 Å². The van der Waals surface area contributed by atoms with Gasteiger partial charge in [-0.3, -0.25) is 4.99 Å². The van der Waals surface area contributed by atoms with E-state index in [9.17, 15) is 4.79 Å². The number of aliphatic imine (C=N–C) groups is 1. The first-order valence-electron chi connectivity index (χ1n) is 5.30. The largest absolute Gasteiger partial charge is 0.463 e. The molecule has 0 bridgehead atoms. The topological polar surface area (TPSA) is 63.6 Å². The predicted molar refractivity (Wildman–Crippen MR) is 66.0 cm³/mol. The zero-order valence-electron chi connectivity index (χ0n) is 9.69. The van der Waals surface area contributed by atoms with Crippen LogP contribution < -0.4 is 5.32 Å². The van der Waals surface area contributed by atoms with Crippen LogP contribution in [0.2, 0.25) is 0 Å². The third-order valence-electron chi connectivity index (χ3n) is 2.31. The molecule has 1 aliphatic heterocycles. The molecule has 1 N–H and O–H groups in total. The van der Waals surface area contributed by atoms with Crippen LogP contribution >= 0.6 is 11.3 Å². The number of esters is 1. The Morgan fingerprint density at radius 2 is 2.47 bits per heavy atom. The molecule has 1 aromatic rings. The number of allylic oxidation sites excluding steroid dienone is 1. The normalized spacial score (nSPS) is 15.3. The molecule has 0 spiro atoms. The number of aromatic nitrogens is 1. The molecule has 0 aliphatic carbocycles. The number of amidine groups is 1. The molecular weight excluding hydrogens is 238 g/mol. The van der Waals surface area contributed by atoms with E-state index in [1.807, 2.05) is 12.3 Å². The molecule has 0 aromatic carbocycles. The summed E-state index contributed by atoms with van der Waals surface area (Å²) in [7, 11) is 0. The Balaban J connectivity index is 2.12. The number of thiazole rings is 1. The Hall–Kier alpha value is -1.69. The molecule has 2 rings (SSSR count). The second kappa shape index (κ2) is 5.09. The van der Waals surface area contributed by atoms with Crippen molar-refractivity contribution in [2.24, 2.45) is 4.99 Å². The summed E-state index contributed by atoms with van der Waals surface area (Å²) in [6.07, 6.45) is 1.73. The first-order chi connectivity index (χ1) is 8.22. The van der Waals surface area contributed by atoms with Gasteiger partial charge in [0.15, 0.2) is 10.8 Å². The van der Waals surface area contributed by atoms with E-state index in [0.29, 0.717) is 24.6 Å². The maximum atomic E-state index is 11.6. The lowest BCUT2D eigenvalue weighted by Crippen LogP contribution is -2.31. The fourth-order valence-electron chi connectivity index (χ4n) is 1.47. The highest BCUT2D eigenvalue weighted by Crippen LogP contribution is 2.14. The van der Waals surface area contributed by atoms with Crippen LogP contribution in [0.1, 0.15) is 18.9 Å². The minimum absolute atomic E-state index is 0.306. The maximum absolute atomic E-state index is 11.6. The van der Waals surface area contributed by atoms with Gasteiger partial charge in [0.25, 0.3) is 0 Å². The van der Waals surface area contributed by atoms with Crippen molar-refractivity contribution in [3.05, 3.63) is 27.9 Å². The van der Waals surface area contributed by atoms with Crippen molar-refractivity contribution >= 4 is 23.1 Å². The van der Waals surface area contributed by atoms with Gasteiger partial charge in [-0.2, -0.15) is 0 Å². The molecule has 0 fully saturated rings. The Bertz CT molecular complexity index is 477. The smallest absolute Gasteiger partial charge is 0.337 e. The van der Waals surface area contributed by atoms with Crippen LogP contribution in [0.15, 0.2) is 27.8 Å². The number of nitrogens with zero attached hydrogens (tertiary/aromatic N) is 2. The van der Waals surface area contributed by atoms with Crippen molar-refractivity contribution in [1.82, 2.24) is 10.3 Å². The lowest BCUT2D eigenvalue weighted by Gasteiger charge is -2.17. The van der Waals surface area contributed by atoms with Crippen LogP contribution in [0, 0.1) is 0 Å². The van der Waals surface area contributed by atoms with Gasteiger partial charge in [-0.1, -0.05) is 0 Å². The summed E-state index contributed by atoms with van der Waals surface area (Å²) < 4.78 is 4.96. The highest BCUT2D eigenvalue weighted by Gasteiger charge is 2.20. The van der Waals surface area contributed by atoms with Crippen LogP contribution in [0.4, 0.5) is 0 Å².